The average Bonchev–Trinajstić information content (AvgIpc) is 2.87. The number of aryl methyl sites for hydroxylation is 1. The zero-order chi connectivity index (χ0) is 18.5. The quantitative estimate of drug-likeness (QED) is 0.863. The maximum Gasteiger partial charge on any atom is 0.251 e. The summed E-state index contributed by atoms with van der Waals surface area (Å²) < 4.78 is 0. The lowest BCUT2D eigenvalue weighted by Crippen LogP contribution is -2.49. The fourth-order valence-corrected chi connectivity index (χ4v) is 3.72. The van der Waals surface area contributed by atoms with Gasteiger partial charge in [0.2, 0.25) is 11.8 Å². The van der Waals surface area contributed by atoms with Gasteiger partial charge in [-0.15, -0.1) is 0 Å². The number of nitrogens with zero attached hydrogens (tertiary/aromatic N) is 1. The van der Waals surface area contributed by atoms with Crippen molar-refractivity contribution in [3.8, 4) is 0 Å². The van der Waals surface area contributed by atoms with E-state index in [1.807, 2.05) is 36.1 Å². The maximum atomic E-state index is 12.8. The van der Waals surface area contributed by atoms with Crippen LogP contribution in [0.15, 0.2) is 24.3 Å². The largest absolute Gasteiger partial charge is 0.355 e. The van der Waals surface area contributed by atoms with Crippen molar-refractivity contribution in [1.82, 2.24) is 15.5 Å². The molecule has 0 aliphatic carbocycles. The Kier molecular flexibility index (Phi) is 5.91. The van der Waals surface area contributed by atoms with E-state index < -0.39 is 0 Å². The second kappa shape index (κ2) is 8.34. The molecule has 2 atom stereocenters. The third-order valence-electron chi connectivity index (χ3n) is 5.21. The van der Waals surface area contributed by atoms with Crippen LogP contribution in [0.2, 0.25) is 0 Å². The van der Waals surface area contributed by atoms with Gasteiger partial charge in [0, 0.05) is 37.7 Å². The zero-order valence-corrected chi connectivity index (χ0v) is 15.3. The summed E-state index contributed by atoms with van der Waals surface area (Å²) in [6, 6.07) is 7.50. The first-order valence-electron chi connectivity index (χ1n) is 9.46. The van der Waals surface area contributed by atoms with Crippen LogP contribution in [0.5, 0.6) is 0 Å². The first-order valence-corrected chi connectivity index (χ1v) is 9.46. The van der Waals surface area contributed by atoms with Gasteiger partial charge in [0.05, 0.1) is 5.92 Å². The minimum Gasteiger partial charge on any atom is -0.355 e. The lowest BCUT2D eigenvalue weighted by atomic mass is 9.97. The van der Waals surface area contributed by atoms with Gasteiger partial charge < -0.3 is 15.5 Å². The highest BCUT2D eigenvalue weighted by atomic mass is 16.2. The minimum atomic E-state index is -0.140. The molecule has 0 spiro atoms. The Morgan fingerprint density at radius 3 is 2.81 bits per heavy atom. The van der Waals surface area contributed by atoms with E-state index in [0.29, 0.717) is 31.5 Å². The molecule has 2 fully saturated rings. The van der Waals surface area contributed by atoms with Gasteiger partial charge in [-0.25, -0.2) is 0 Å². The van der Waals surface area contributed by atoms with Crippen molar-refractivity contribution in [3.63, 3.8) is 0 Å². The molecule has 1 unspecified atom stereocenters. The molecule has 0 bridgehead atoms. The molecule has 2 N–H and O–H groups in total. The molecule has 1 aromatic carbocycles. The number of nitrogens with one attached hydrogen (secondary N) is 2. The lowest BCUT2D eigenvalue weighted by Gasteiger charge is -2.30. The highest BCUT2D eigenvalue weighted by Gasteiger charge is 2.31. The topological polar surface area (TPSA) is 78.5 Å². The third-order valence-corrected chi connectivity index (χ3v) is 5.21. The summed E-state index contributed by atoms with van der Waals surface area (Å²) in [6.07, 6.45) is 3.84. The maximum absolute atomic E-state index is 12.8. The van der Waals surface area contributed by atoms with Crippen molar-refractivity contribution in [3.05, 3.63) is 35.4 Å². The number of hydrogen-bond donors (Lipinski definition) is 2. The predicted octanol–water partition coefficient (Wildman–Crippen LogP) is 1.63. The van der Waals surface area contributed by atoms with Crippen molar-refractivity contribution in [2.75, 3.05) is 19.6 Å². The Bertz CT molecular complexity index is 679. The highest BCUT2D eigenvalue weighted by molar-refractivity contribution is 5.94. The van der Waals surface area contributed by atoms with E-state index >= 15 is 0 Å². The number of carbonyl (C=O) groups excluding carboxylic acids is 3. The Hall–Kier alpha value is -2.37. The number of piperidine rings is 1. The van der Waals surface area contributed by atoms with Crippen LogP contribution in [0.4, 0.5) is 0 Å². The van der Waals surface area contributed by atoms with Crippen LogP contribution in [-0.2, 0) is 9.59 Å². The Morgan fingerprint density at radius 2 is 2.08 bits per heavy atom. The van der Waals surface area contributed by atoms with Crippen molar-refractivity contribution in [1.29, 1.82) is 0 Å². The van der Waals surface area contributed by atoms with E-state index in [4.69, 9.17) is 0 Å². The third kappa shape index (κ3) is 4.62. The summed E-state index contributed by atoms with van der Waals surface area (Å²) in [5.74, 6) is -0.105. The molecular formula is C20H27N3O3. The Balaban J connectivity index is 1.61. The summed E-state index contributed by atoms with van der Waals surface area (Å²) in [5, 5.41) is 5.88. The molecule has 1 aromatic rings. The Morgan fingerprint density at radius 1 is 1.23 bits per heavy atom. The summed E-state index contributed by atoms with van der Waals surface area (Å²) in [6.45, 7) is 3.65. The summed E-state index contributed by atoms with van der Waals surface area (Å²) in [7, 11) is 0. The van der Waals surface area contributed by atoms with Crippen LogP contribution < -0.4 is 10.6 Å². The molecule has 140 valence electrons. The van der Waals surface area contributed by atoms with Crippen molar-refractivity contribution in [2.24, 2.45) is 5.92 Å². The summed E-state index contributed by atoms with van der Waals surface area (Å²) in [4.78, 5) is 38.5. The predicted molar refractivity (Wildman–Crippen MR) is 98.6 cm³/mol. The average molecular weight is 357 g/mol. The van der Waals surface area contributed by atoms with Crippen LogP contribution in [-0.4, -0.2) is 48.3 Å². The van der Waals surface area contributed by atoms with Crippen molar-refractivity contribution in [2.45, 2.75) is 45.1 Å². The highest BCUT2D eigenvalue weighted by Crippen LogP contribution is 2.18. The lowest BCUT2D eigenvalue weighted by molar-refractivity contribution is -0.137. The number of carbonyl (C=O) groups is 3. The standard InChI is InChI=1S/C20H27N3O3/c1-14-5-4-6-15(11-14)19(25)22-17-7-2-3-10-23(13-17)20(26)16-8-9-18(24)21-12-16/h4-6,11,16-17H,2-3,7-10,12-13H2,1H3,(H,21,24)(H,22,25)/t16?,17-/m0/s1. The van der Waals surface area contributed by atoms with Crippen molar-refractivity contribution < 1.29 is 14.4 Å². The molecule has 0 radical (unpaired) electrons. The zero-order valence-electron chi connectivity index (χ0n) is 15.3. The van der Waals surface area contributed by atoms with Gasteiger partial charge in [0.1, 0.15) is 0 Å². The molecule has 2 heterocycles. The smallest absolute Gasteiger partial charge is 0.251 e. The van der Waals surface area contributed by atoms with Gasteiger partial charge in [0.25, 0.3) is 5.91 Å². The molecule has 3 rings (SSSR count). The molecule has 2 saturated heterocycles. The molecule has 0 saturated carbocycles. The van der Waals surface area contributed by atoms with Crippen LogP contribution in [0.3, 0.4) is 0 Å². The summed E-state index contributed by atoms with van der Waals surface area (Å²) in [5.41, 5.74) is 1.71. The number of rotatable bonds is 3. The van der Waals surface area contributed by atoms with E-state index in [-0.39, 0.29) is 29.7 Å². The molecular weight excluding hydrogens is 330 g/mol. The molecule has 26 heavy (non-hydrogen) atoms. The molecule has 2 aliphatic heterocycles. The second-order valence-corrected chi connectivity index (χ2v) is 7.36. The first kappa shape index (κ1) is 18.4. The summed E-state index contributed by atoms with van der Waals surface area (Å²) >= 11 is 0. The molecule has 6 nitrogen and oxygen atoms in total. The van der Waals surface area contributed by atoms with E-state index in [0.717, 1.165) is 31.4 Å². The minimum absolute atomic E-state index is 0.0215. The molecule has 0 aromatic heterocycles. The van der Waals surface area contributed by atoms with Crippen LogP contribution in [0, 0.1) is 12.8 Å². The van der Waals surface area contributed by atoms with Gasteiger partial charge in [0.15, 0.2) is 0 Å². The van der Waals surface area contributed by atoms with Gasteiger partial charge in [-0.1, -0.05) is 17.7 Å². The van der Waals surface area contributed by atoms with Crippen LogP contribution >= 0.6 is 0 Å². The molecule has 6 heteroatoms. The molecule has 2 aliphatic rings. The van der Waals surface area contributed by atoms with Gasteiger partial charge in [-0.3, -0.25) is 14.4 Å². The van der Waals surface area contributed by atoms with E-state index in [9.17, 15) is 14.4 Å². The van der Waals surface area contributed by atoms with Crippen LogP contribution in [0.25, 0.3) is 0 Å². The first-order chi connectivity index (χ1) is 12.5. The van der Waals surface area contributed by atoms with Gasteiger partial charge in [-0.05, 0) is 44.7 Å². The normalized spacial score (nSPS) is 23.7. The number of benzene rings is 1. The fourth-order valence-electron chi connectivity index (χ4n) is 3.72. The van der Waals surface area contributed by atoms with Gasteiger partial charge >= 0.3 is 0 Å². The number of likely N-dealkylation sites (tertiary alicyclic amines) is 1. The van der Waals surface area contributed by atoms with E-state index in [2.05, 4.69) is 10.6 Å². The molecule has 3 amide bonds. The SMILES string of the molecule is Cc1cccc(C(=O)N[C@H]2CCCCN(C(=O)C3CCC(=O)NC3)C2)c1. The van der Waals surface area contributed by atoms with Crippen molar-refractivity contribution >= 4 is 17.7 Å². The van der Waals surface area contributed by atoms with E-state index in [1.165, 1.54) is 0 Å². The Labute approximate surface area is 154 Å². The van der Waals surface area contributed by atoms with Crippen LogP contribution in [0.1, 0.15) is 48.0 Å². The number of hydrogen-bond acceptors (Lipinski definition) is 3. The number of amides is 3. The monoisotopic (exact) mass is 357 g/mol. The van der Waals surface area contributed by atoms with E-state index in [1.54, 1.807) is 0 Å². The fraction of sp³-hybridized carbons (Fsp3) is 0.550. The second-order valence-electron chi connectivity index (χ2n) is 7.36. The van der Waals surface area contributed by atoms with Gasteiger partial charge in [-0.2, -0.15) is 0 Å².